The summed E-state index contributed by atoms with van der Waals surface area (Å²) in [5, 5.41) is 10.7. The van der Waals surface area contributed by atoms with Crippen LogP contribution in [0.4, 0.5) is 5.69 Å². The Bertz CT molecular complexity index is 613. The molecule has 0 aliphatic carbocycles. The maximum Gasteiger partial charge on any atom is 0.252 e. The number of benzene rings is 1. The summed E-state index contributed by atoms with van der Waals surface area (Å²) in [5.74, 6) is 0.0157. The number of hydrogen-bond acceptors (Lipinski definition) is 3. The molecule has 1 amide bonds. The molecule has 22 heavy (non-hydrogen) atoms. The van der Waals surface area contributed by atoms with Crippen LogP contribution in [0.15, 0.2) is 42.7 Å². The minimum atomic E-state index is -0.599. The average molecular weight is 298 g/mol. The maximum absolute atomic E-state index is 12.9. The molecule has 0 saturated carbocycles. The molecule has 0 atom stereocenters. The van der Waals surface area contributed by atoms with Gasteiger partial charge in [0.1, 0.15) is 5.54 Å². The van der Waals surface area contributed by atoms with Gasteiger partial charge in [-0.3, -0.25) is 9.48 Å². The Balaban J connectivity index is 1.83. The fraction of sp³-hybridized carbons (Fsp3) is 0.412. The van der Waals surface area contributed by atoms with Crippen molar-refractivity contribution in [2.45, 2.75) is 31.7 Å². The number of piperidine rings is 1. The number of nitrogens with zero attached hydrogens (tertiary/aromatic N) is 2. The first-order valence-corrected chi connectivity index (χ1v) is 7.86. The van der Waals surface area contributed by atoms with Gasteiger partial charge in [-0.05, 0) is 56.1 Å². The van der Waals surface area contributed by atoms with Crippen molar-refractivity contribution in [2.24, 2.45) is 0 Å². The molecular weight excluding hydrogens is 276 g/mol. The Hall–Kier alpha value is -2.14. The number of anilines is 1. The van der Waals surface area contributed by atoms with Gasteiger partial charge in [0.2, 0.25) is 0 Å². The van der Waals surface area contributed by atoms with Crippen LogP contribution in [0.1, 0.15) is 25.3 Å². The first-order chi connectivity index (χ1) is 10.7. The molecule has 1 fully saturated rings. The highest BCUT2D eigenvalue weighted by molar-refractivity contribution is 5.96. The van der Waals surface area contributed by atoms with E-state index in [1.54, 1.807) is 6.20 Å². The Labute approximate surface area is 130 Å². The lowest BCUT2D eigenvalue weighted by molar-refractivity contribution is -0.126. The number of nitrogens with one attached hydrogen (secondary N) is 2. The molecule has 1 aliphatic rings. The van der Waals surface area contributed by atoms with Crippen LogP contribution in [-0.4, -0.2) is 28.8 Å². The summed E-state index contributed by atoms with van der Waals surface area (Å²) in [6.07, 6.45) is 6.09. The molecule has 0 radical (unpaired) electrons. The third-order valence-electron chi connectivity index (χ3n) is 4.42. The largest absolute Gasteiger partial charge is 0.324 e. The zero-order chi connectivity index (χ0) is 15.4. The Morgan fingerprint density at radius 3 is 2.64 bits per heavy atom. The number of carbonyl (C=O) groups excluding carboxylic acids is 1. The Morgan fingerprint density at radius 1 is 1.32 bits per heavy atom. The van der Waals surface area contributed by atoms with Crippen molar-refractivity contribution >= 4 is 11.6 Å². The fourth-order valence-electron chi connectivity index (χ4n) is 2.99. The summed E-state index contributed by atoms with van der Waals surface area (Å²) in [5.41, 5.74) is 1.51. The van der Waals surface area contributed by atoms with Gasteiger partial charge in [-0.15, -0.1) is 0 Å². The van der Waals surface area contributed by atoms with Crippen molar-refractivity contribution in [3.63, 3.8) is 0 Å². The van der Waals surface area contributed by atoms with Gasteiger partial charge < -0.3 is 10.6 Å². The van der Waals surface area contributed by atoms with Gasteiger partial charge in [0.15, 0.2) is 0 Å². The number of carbonyl (C=O) groups is 1. The molecule has 2 N–H and O–H groups in total. The molecule has 5 nitrogen and oxygen atoms in total. The van der Waals surface area contributed by atoms with E-state index in [4.69, 9.17) is 0 Å². The van der Waals surface area contributed by atoms with Crippen LogP contribution in [0.25, 0.3) is 0 Å². The molecule has 1 aromatic carbocycles. The fourth-order valence-corrected chi connectivity index (χ4v) is 2.99. The van der Waals surface area contributed by atoms with Crippen LogP contribution in [0.5, 0.6) is 0 Å². The van der Waals surface area contributed by atoms with Crippen LogP contribution in [0.3, 0.4) is 0 Å². The summed E-state index contributed by atoms with van der Waals surface area (Å²) in [4.78, 5) is 12.9. The predicted octanol–water partition coefficient (Wildman–Crippen LogP) is 2.16. The molecule has 0 spiro atoms. The summed E-state index contributed by atoms with van der Waals surface area (Å²) in [6.45, 7) is 3.76. The molecule has 2 aromatic rings. The van der Waals surface area contributed by atoms with Crippen molar-refractivity contribution in [3.05, 3.63) is 48.3 Å². The lowest BCUT2D eigenvalue weighted by atomic mass is 9.87. The van der Waals surface area contributed by atoms with Crippen LogP contribution < -0.4 is 10.6 Å². The highest BCUT2D eigenvalue weighted by atomic mass is 16.2. The standard InChI is InChI=1S/C17H22N4O/c1-2-14-4-6-15(7-5-14)20-16(22)17(8-11-18-12-9-17)21-13-3-10-19-21/h3-7,10,13,18H,2,8-9,11-12H2,1H3,(H,20,22). The average Bonchev–Trinajstić information content (AvgIpc) is 3.11. The number of amides is 1. The number of aryl methyl sites for hydroxylation is 1. The first-order valence-electron chi connectivity index (χ1n) is 7.86. The van der Waals surface area contributed by atoms with E-state index in [-0.39, 0.29) is 5.91 Å². The molecule has 2 heterocycles. The van der Waals surface area contributed by atoms with Crippen LogP contribution in [0.2, 0.25) is 0 Å². The van der Waals surface area contributed by atoms with E-state index in [2.05, 4.69) is 34.8 Å². The van der Waals surface area contributed by atoms with E-state index in [0.717, 1.165) is 38.0 Å². The van der Waals surface area contributed by atoms with Crippen molar-refractivity contribution in [1.29, 1.82) is 0 Å². The second-order valence-electron chi connectivity index (χ2n) is 5.74. The summed E-state index contributed by atoms with van der Waals surface area (Å²) in [6, 6.07) is 9.91. The molecule has 0 unspecified atom stereocenters. The minimum Gasteiger partial charge on any atom is -0.324 e. The van der Waals surface area contributed by atoms with Crippen molar-refractivity contribution < 1.29 is 4.79 Å². The monoisotopic (exact) mass is 298 g/mol. The second-order valence-corrected chi connectivity index (χ2v) is 5.74. The third-order valence-corrected chi connectivity index (χ3v) is 4.42. The van der Waals surface area contributed by atoms with Crippen molar-refractivity contribution in [3.8, 4) is 0 Å². The third kappa shape index (κ3) is 2.76. The highest BCUT2D eigenvalue weighted by Crippen LogP contribution is 2.28. The zero-order valence-electron chi connectivity index (χ0n) is 12.9. The van der Waals surface area contributed by atoms with E-state index >= 15 is 0 Å². The van der Waals surface area contributed by atoms with Gasteiger partial charge in [0, 0.05) is 18.1 Å². The SMILES string of the molecule is CCc1ccc(NC(=O)C2(n3cccn3)CCNCC2)cc1. The molecular formula is C17H22N4O. The lowest BCUT2D eigenvalue weighted by Crippen LogP contribution is -2.52. The van der Waals surface area contributed by atoms with Crippen LogP contribution in [-0.2, 0) is 16.8 Å². The molecule has 116 valence electrons. The van der Waals surface area contributed by atoms with Crippen LogP contribution >= 0.6 is 0 Å². The van der Waals surface area contributed by atoms with Gasteiger partial charge in [-0.1, -0.05) is 19.1 Å². The molecule has 5 heteroatoms. The quantitative estimate of drug-likeness (QED) is 0.909. The molecule has 0 bridgehead atoms. The number of hydrogen-bond donors (Lipinski definition) is 2. The van der Waals surface area contributed by atoms with E-state index in [1.165, 1.54) is 5.56 Å². The lowest BCUT2D eigenvalue weighted by Gasteiger charge is -2.36. The van der Waals surface area contributed by atoms with E-state index in [9.17, 15) is 4.79 Å². The smallest absolute Gasteiger partial charge is 0.252 e. The van der Waals surface area contributed by atoms with Gasteiger partial charge in [-0.2, -0.15) is 5.10 Å². The van der Waals surface area contributed by atoms with E-state index in [0.29, 0.717) is 0 Å². The number of aromatic nitrogens is 2. The topological polar surface area (TPSA) is 59.0 Å². The zero-order valence-corrected chi connectivity index (χ0v) is 12.9. The summed E-state index contributed by atoms with van der Waals surface area (Å²) < 4.78 is 1.81. The second kappa shape index (κ2) is 6.32. The van der Waals surface area contributed by atoms with Gasteiger partial charge in [-0.25, -0.2) is 0 Å². The van der Waals surface area contributed by atoms with Gasteiger partial charge in [0.05, 0.1) is 0 Å². The van der Waals surface area contributed by atoms with Gasteiger partial charge >= 0.3 is 0 Å². The maximum atomic E-state index is 12.9. The molecule has 3 rings (SSSR count). The molecule has 1 aromatic heterocycles. The van der Waals surface area contributed by atoms with E-state index in [1.807, 2.05) is 29.1 Å². The summed E-state index contributed by atoms with van der Waals surface area (Å²) >= 11 is 0. The number of rotatable bonds is 4. The van der Waals surface area contributed by atoms with Gasteiger partial charge in [0.25, 0.3) is 5.91 Å². The Morgan fingerprint density at radius 2 is 2.05 bits per heavy atom. The Kier molecular flexibility index (Phi) is 4.24. The van der Waals surface area contributed by atoms with Crippen molar-refractivity contribution in [1.82, 2.24) is 15.1 Å². The normalized spacial score (nSPS) is 17.1. The van der Waals surface area contributed by atoms with Crippen LogP contribution in [0, 0.1) is 0 Å². The molecule has 1 aliphatic heterocycles. The molecule has 1 saturated heterocycles. The van der Waals surface area contributed by atoms with Crippen molar-refractivity contribution in [2.75, 3.05) is 18.4 Å². The highest BCUT2D eigenvalue weighted by Gasteiger charge is 2.41. The summed E-state index contributed by atoms with van der Waals surface area (Å²) in [7, 11) is 0. The van der Waals surface area contributed by atoms with E-state index < -0.39 is 5.54 Å². The predicted molar refractivity (Wildman–Crippen MR) is 86.8 cm³/mol. The first kappa shape index (κ1) is 14.8. The minimum absolute atomic E-state index is 0.0157.